The van der Waals surface area contributed by atoms with Crippen LogP contribution >= 0.6 is 0 Å². The van der Waals surface area contributed by atoms with Crippen molar-refractivity contribution in [1.82, 2.24) is 9.80 Å². The highest BCUT2D eigenvalue weighted by atomic mass is 15.3. The zero-order valence-corrected chi connectivity index (χ0v) is 18.5. The van der Waals surface area contributed by atoms with Crippen molar-refractivity contribution >= 4 is 22.7 Å². The van der Waals surface area contributed by atoms with Crippen molar-refractivity contribution in [2.45, 2.75) is 6.92 Å². The summed E-state index contributed by atoms with van der Waals surface area (Å²) in [6.45, 7) is 13.5. The Morgan fingerprint density at radius 3 is 1.73 bits per heavy atom. The van der Waals surface area contributed by atoms with Gasteiger partial charge in [-0.3, -0.25) is 9.80 Å². The Morgan fingerprint density at radius 1 is 0.733 bits per heavy atom. The van der Waals surface area contributed by atoms with Gasteiger partial charge in [-0.25, -0.2) is 0 Å². The van der Waals surface area contributed by atoms with Gasteiger partial charge in [-0.2, -0.15) is 0 Å². The molecule has 0 aliphatic carbocycles. The Hall–Kier alpha value is -2.44. The van der Waals surface area contributed by atoms with Crippen molar-refractivity contribution in [3.05, 3.63) is 48.0 Å². The van der Waals surface area contributed by atoms with Crippen LogP contribution in [0.4, 0.5) is 22.7 Å². The summed E-state index contributed by atoms with van der Waals surface area (Å²) in [5, 5.41) is 3.26. The highest BCUT2D eigenvalue weighted by Gasteiger charge is 2.20. The number of piperazine rings is 2. The molecule has 0 spiro atoms. The zero-order chi connectivity index (χ0) is 20.9. The maximum Gasteiger partial charge on any atom is 0.0371 e. The maximum atomic E-state index is 5.81. The second-order valence-electron chi connectivity index (χ2n) is 8.50. The van der Waals surface area contributed by atoms with E-state index in [9.17, 15) is 0 Å². The highest BCUT2D eigenvalue weighted by molar-refractivity contribution is 5.60. The Bertz CT molecular complexity index is 805. The molecular formula is C24H36N6. The SMILES string of the molecule is CNc1ccc(N2CCN(CCN3CCN(c4ccc(N)cc4)CC3)CC2)cc1C. The third kappa shape index (κ3) is 4.99. The number of hydrogen-bond donors (Lipinski definition) is 2. The molecule has 6 heteroatoms. The molecule has 2 heterocycles. The largest absolute Gasteiger partial charge is 0.399 e. The van der Waals surface area contributed by atoms with E-state index in [0.29, 0.717) is 0 Å². The molecule has 4 rings (SSSR count). The molecule has 0 aromatic heterocycles. The molecule has 2 fully saturated rings. The zero-order valence-electron chi connectivity index (χ0n) is 18.5. The minimum absolute atomic E-state index is 0.836. The fourth-order valence-corrected chi connectivity index (χ4v) is 4.55. The number of nitrogen functional groups attached to an aromatic ring is 1. The third-order valence-electron chi connectivity index (χ3n) is 6.58. The van der Waals surface area contributed by atoms with Gasteiger partial charge in [0.1, 0.15) is 0 Å². The molecule has 2 aliphatic rings. The van der Waals surface area contributed by atoms with Crippen molar-refractivity contribution in [2.75, 3.05) is 93.3 Å². The van der Waals surface area contributed by atoms with Crippen LogP contribution in [0.1, 0.15) is 5.56 Å². The van der Waals surface area contributed by atoms with E-state index in [1.165, 1.54) is 35.7 Å². The van der Waals surface area contributed by atoms with Gasteiger partial charge in [-0.05, 0) is 55.0 Å². The molecule has 3 N–H and O–H groups in total. The summed E-state index contributed by atoms with van der Waals surface area (Å²) >= 11 is 0. The molecule has 0 atom stereocenters. The van der Waals surface area contributed by atoms with Gasteiger partial charge in [0.05, 0.1) is 0 Å². The van der Waals surface area contributed by atoms with E-state index < -0.39 is 0 Å². The second kappa shape index (κ2) is 9.58. The number of hydrogen-bond acceptors (Lipinski definition) is 6. The summed E-state index contributed by atoms with van der Waals surface area (Å²) in [4.78, 5) is 10.2. The molecule has 162 valence electrons. The molecule has 2 aromatic carbocycles. The molecule has 30 heavy (non-hydrogen) atoms. The molecule has 2 aliphatic heterocycles. The van der Waals surface area contributed by atoms with Crippen molar-refractivity contribution in [3.63, 3.8) is 0 Å². The molecule has 0 saturated carbocycles. The Balaban J connectivity index is 1.18. The molecule has 6 nitrogen and oxygen atoms in total. The van der Waals surface area contributed by atoms with Crippen molar-refractivity contribution in [1.29, 1.82) is 0 Å². The van der Waals surface area contributed by atoms with E-state index >= 15 is 0 Å². The van der Waals surface area contributed by atoms with Gasteiger partial charge >= 0.3 is 0 Å². The summed E-state index contributed by atoms with van der Waals surface area (Å²) in [5.41, 5.74) is 11.8. The lowest BCUT2D eigenvalue weighted by Crippen LogP contribution is -2.51. The number of nitrogens with zero attached hydrogens (tertiary/aromatic N) is 4. The van der Waals surface area contributed by atoms with Crippen LogP contribution < -0.4 is 20.9 Å². The van der Waals surface area contributed by atoms with Gasteiger partial charge in [0.25, 0.3) is 0 Å². The van der Waals surface area contributed by atoms with Crippen LogP contribution in [0.3, 0.4) is 0 Å². The Kier molecular flexibility index (Phi) is 6.65. The maximum absolute atomic E-state index is 5.81. The van der Waals surface area contributed by atoms with Crippen LogP contribution in [0.25, 0.3) is 0 Å². The molecule has 0 unspecified atom stereocenters. The molecule has 0 radical (unpaired) electrons. The van der Waals surface area contributed by atoms with Gasteiger partial charge in [-0.15, -0.1) is 0 Å². The topological polar surface area (TPSA) is 51.0 Å². The monoisotopic (exact) mass is 408 g/mol. The fraction of sp³-hybridized carbons (Fsp3) is 0.500. The van der Waals surface area contributed by atoms with Crippen LogP contribution in [-0.2, 0) is 0 Å². The quantitative estimate of drug-likeness (QED) is 0.717. The molecule has 2 saturated heterocycles. The fourth-order valence-electron chi connectivity index (χ4n) is 4.55. The first-order valence-corrected chi connectivity index (χ1v) is 11.2. The third-order valence-corrected chi connectivity index (χ3v) is 6.58. The van der Waals surface area contributed by atoms with E-state index in [2.05, 4.69) is 62.2 Å². The number of rotatable bonds is 6. The standard InChI is InChI=1S/C24H36N6/c1-20-19-23(7-8-24(20)26-2)30-17-13-28(14-18-30)10-9-27-11-15-29(16-12-27)22-5-3-21(25)4-6-22/h3-8,19,26H,9-18,25H2,1-2H3. The first-order valence-electron chi connectivity index (χ1n) is 11.2. The first kappa shape index (κ1) is 20.8. The predicted molar refractivity (Wildman–Crippen MR) is 129 cm³/mol. The normalized spacial score (nSPS) is 18.6. The van der Waals surface area contributed by atoms with E-state index in [1.54, 1.807) is 0 Å². The lowest BCUT2D eigenvalue weighted by Gasteiger charge is -2.39. The van der Waals surface area contributed by atoms with E-state index in [1.807, 2.05) is 19.2 Å². The van der Waals surface area contributed by atoms with Gasteiger partial charge in [0.2, 0.25) is 0 Å². The summed E-state index contributed by atoms with van der Waals surface area (Å²) < 4.78 is 0. The first-order chi connectivity index (χ1) is 14.6. The van der Waals surface area contributed by atoms with E-state index in [0.717, 1.165) is 58.0 Å². The van der Waals surface area contributed by atoms with Crippen LogP contribution in [0.5, 0.6) is 0 Å². The average molecular weight is 409 g/mol. The highest BCUT2D eigenvalue weighted by Crippen LogP contribution is 2.23. The van der Waals surface area contributed by atoms with Crippen LogP contribution in [-0.4, -0.2) is 82.3 Å². The van der Waals surface area contributed by atoms with Gasteiger partial charge in [-0.1, -0.05) is 0 Å². The summed E-state index contributed by atoms with van der Waals surface area (Å²) in [7, 11) is 1.98. The average Bonchev–Trinajstić information content (AvgIpc) is 2.79. The summed E-state index contributed by atoms with van der Waals surface area (Å²) in [6, 6.07) is 15.0. The lowest BCUT2D eigenvalue weighted by atomic mass is 10.1. The Labute approximate surface area is 181 Å². The minimum atomic E-state index is 0.836. The van der Waals surface area contributed by atoms with Crippen molar-refractivity contribution < 1.29 is 0 Å². The van der Waals surface area contributed by atoms with Gasteiger partial charge in [0.15, 0.2) is 0 Å². The smallest absolute Gasteiger partial charge is 0.0371 e. The Morgan fingerprint density at radius 2 is 1.23 bits per heavy atom. The van der Waals surface area contributed by atoms with Gasteiger partial charge < -0.3 is 20.9 Å². The molecule has 0 bridgehead atoms. The molecular weight excluding hydrogens is 372 g/mol. The summed E-state index contributed by atoms with van der Waals surface area (Å²) in [6.07, 6.45) is 0. The van der Waals surface area contributed by atoms with Crippen LogP contribution in [0.15, 0.2) is 42.5 Å². The van der Waals surface area contributed by atoms with Crippen LogP contribution in [0, 0.1) is 6.92 Å². The second-order valence-corrected chi connectivity index (χ2v) is 8.50. The van der Waals surface area contributed by atoms with Crippen LogP contribution in [0.2, 0.25) is 0 Å². The van der Waals surface area contributed by atoms with Crippen molar-refractivity contribution in [2.24, 2.45) is 0 Å². The lowest BCUT2D eigenvalue weighted by molar-refractivity contribution is 0.190. The van der Waals surface area contributed by atoms with Gasteiger partial charge in [0, 0.05) is 95.2 Å². The van der Waals surface area contributed by atoms with E-state index in [-0.39, 0.29) is 0 Å². The van der Waals surface area contributed by atoms with Crippen molar-refractivity contribution in [3.8, 4) is 0 Å². The van der Waals surface area contributed by atoms with E-state index in [4.69, 9.17) is 5.73 Å². The number of nitrogens with one attached hydrogen (secondary N) is 1. The number of anilines is 4. The number of nitrogens with two attached hydrogens (primary N) is 1. The summed E-state index contributed by atoms with van der Waals surface area (Å²) in [5.74, 6) is 0. The minimum Gasteiger partial charge on any atom is -0.399 e. The predicted octanol–water partition coefficient (Wildman–Crippen LogP) is 2.56. The molecule has 2 aromatic rings. The molecule has 0 amide bonds. The number of aryl methyl sites for hydroxylation is 1. The number of benzene rings is 2.